The van der Waals surface area contributed by atoms with E-state index >= 15 is 0 Å². The number of unbranched alkanes of at least 4 members (excludes halogenated alkanes) is 8. The third-order valence-corrected chi connectivity index (χ3v) is 23.1. The van der Waals surface area contributed by atoms with Crippen molar-refractivity contribution in [2.45, 2.75) is 144 Å². The second kappa shape index (κ2) is 34.2. The molecule has 1 unspecified atom stereocenters. The van der Waals surface area contributed by atoms with Crippen molar-refractivity contribution in [2.24, 2.45) is 0 Å². The van der Waals surface area contributed by atoms with Gasteiger partial charge in [0, 0.05) is 43.1 Å². The monoisotopic (exact) mass is 1510 g/mol. The Bertz CT molecular complexity index is 5290. The van der Waals surface area contributed by atoms with Gasteiger partial charge in [-0.2, -0.15) is 0 Å². The van der Waals surface area contributed by atoms with E-state index in [-0.39, 0.29) is 0 Å². The van der Waals surface area contributed by atoms with E-state index in [9.17, 15) is 0 Å². The molecule has 14 aromatic rings. The molecular formula is C102H98Br2N2. The summed E-state index contributed by atoms with van der Waals surface area (Å²) in [6, 6.07) is 110. The first kappa shape index (κ1) is 73.1. The number of benzene rings is 14. The number of rotatable bonds is 28. The molecular weight excluding hydrogens is 1410 g/mol. The molecule has 0 spiro atoms. The standard InChI is InChI=1S/C102H98Br2N2/c1-8-12-14-16-17-19-25-73-30-32-81(33-31-73)93-64-62-91(68-74(93)10-3)105(87-54-42-79(43-55-87)77-38-50-85(103)51-39-77)89-58-46-83(47-59-89)99-66-71(6)101(97-28-22-20-26-95(97)99)102-72(7)67-100(96-27-21-23-29-98(96)102)84-48-60-90(61-49-84)106(88-56-44-80(45-57-88)78-40-52-86(104)53-41-78)92-63-65-94(75(11-4)69-92)82-36-34-76(35-37-82)70(5)24-18-15-13-9-2/h20-23,26-70H,8-19,24-25H2,1-7H3. The van der Waals surface area contributed by atoms with Crippen LogP contribution in [-0.2, 0) is 19.3 Å². The molecule has 0 heterocycles. The first-order valence-corrected chi connectivity index (χ1v) is 40.6. The molecule has 0 fully saturated rings. The Kier molecular flexibility index (Phi) is 23.5. The van der Waals surface area contributed by atoms with Crippen molar-refractivity contribution in [1.29, 1.82) is 0 Å². The molecule has 2 nitrogen and oxygen atoms in total. The molecule has 14 aromatic carbocycles. The number of halogens is 2. The van der Waals surface area contributed by atoms with Crippen LogP contribution in [0.4, 0.5) is 34.1 Å². The zero-order chi connectivity index (χ0) is 73.0. The number of nitrogens with zero attached hydrogens (tertiary/aromatic N) is 2. The lowest BCUT2D eigenvalue weighted by Gasteiger charge is -2.27. The van der Waals surface area contributed by atoms with Gasteiger partial charge in [0.15, 0.2) is 0 Å². The van der Waals surface area contributed by atoms with Crippen LogP contribution in [0.2, 0.25) is 0 Å². The Labute approximate surface area is 648 Å². The van der Waals surface area contributed by atoms with Crippen LogP contribution in [0.3, 0.4) is 0 Å². The van der Waals surface area contributed by atoms with Crippen LogP contribution in [0.15, 0.2) is 300 Å². The van der Waals surface area contributed by atoms with E-state index in [1.54, 1.807) is 0 Å². The summed E-state index contributed by atoms with van der Waals surface area (Å²) in [5, 5.41) is 4.97. The average molecular weight is 1510 g/mol. The number of aryl methyl sites for hydroxylation is 5. The SMILES string of the molecule is CCCCCCCCc1ccc(-c2ccc(N(c3ccc(-c4ccc(Br)cc4)cc3)c3ccc(-c4cc(C)c(-c5c(C)cc(-c6ccc(N(c7ccc(-c8ccc(Br)cc8)cc7)c7ccc(-c8ccc(C(C)CCCCCC)cc8)c(CC)c7)cc6)c6ccccc56)c5ccccc45)cc3)cc2CC)cc1. The van der Waals surface area contributed by atoms with Crippen molar-refractivity contribution >= 4 is 87.5 Å². The smallest absolute Gasteiger partial charge is 0.0464 e. The van der Waals surface area contributed by atoms with Crippen molar-refractivity contribution in [3.05, 3.63) is 334 Å². The molecule has 1 atom stereocenters. The van der Waals surface area contributed by atoms with Crippen LogP contribution in [0.5, 0.6) is 0 Å². The van der Waals surface area contributed by atoms with Gasteiger partial charge in [-0.05, 0) is 282 Å². The summed E-state index contributed by atoms with van der Waals surface area (Å²) in [5.74, 6) is 0.557. The van der Waals surface area contributed by atoms with Gasteiger partial charge in [-0.15, -0.1) is 0 Å². The number of hydrogen-bond acceptors (Lipinski definition) is 2. The predicted molar refractivity (Wildman–Crippen MR) is 467 cm³/mol. The predicted octanol–water partition coefficient (Wildman–Crippen LogP) is 31.8. The van der Waals surface area contributed by atoms with Gasteiger partial charge in [-0.25, -0.2) is 0 Å². The maximum atomic E-state index is 3.64. The normalized spacial score (nSPS) is 11.7. The van der Waals surface area contributed by atoms with E-state index in [0.29, 0.717) is 5.92 Å². The van der Waals surface area contributed by atoms with Gasteiger partial charge in [0.05, 0.1) is 0 Å². The van der Waals surface area contributed by atoms with E-state index in [0.717, 1.165) is 62.3 Å². The van der Waals surface area contributed by atoms with Gasteiger partial charge in [0.1, 0.15) is 0 Å². The molecule has 530 valence electrons. The van der Waals surface area contributed by atoms with Crippen LogP contribution in [-0.4, -0.2) is 0 Å². The lowest BCUT2D eigenvalue weighted by Crippen LogP contribution is -2.10. The van der Waals surface area contributed by atoms with Gasteiger partial charge in [-0.1, -0.05) is 318 Å². The van der Waals surface area contributed by atoms with Gasteiger partial charge in [-0.3, -0.25) is 0 Å². The fraction of sp³-hybridized carbons (Fsp3) is 0.216. The zero-order valence-corrected chi connectivity index (χ0v) is 66.0. The second-order valence-electron chi connectivity index (χ2n) is 29.2. The van der Waals surface area contributed by atoms with E-state index in [1.807, 2.05) is 0 Å². The van der Waals surface area contributed by atoms with Crippen LogP contribution in [0, 0.1) is 13.8 Å². The minimum absolute atomic E-state index is 0.557. The molecule has 0 aromatic heterocycles. The maximum absolute atomic E-state index is 3.64. The van der Waals surface area contributed by atoms with E-state index in [4.69, 9.17) is 0 Å². The molecule has 0 bridgehead atoms. The fourth-order valence-electron chi connectivity index (χ4n) is 16.1. The van der Waals surface area contributed by atoms with Crippen molar-refractivity contribution in [3.8, 4) is 77.9 Å². The van der Waals surface area contributed by atoms with E-state index in [1.165, 1.54) is 203 Å². The average Bonchev–Trinajstić information content (AvgIpc) is 0.730. The molecule has 14 rings (SSSR count). The maximum Gasteiger partial charge on any atom is 0.0464 e. The molecule has 0 N–H and O–H groups in total. The van der Waals surface area contributed by atoms with Crippen molar-refractivity contribution in [3.63, 3.8) is 0 Å². The Morgan fingerprint density at radius 1 is 0.292 bits per heavy atom. The topological polar surface area (TPSA) is 6.48 Å². The third-order valence-electron chi connectivity index (χ3n) is 22.0. The summed E-state index contributed by atoms with van der Waals surface area (Å²) in [4.78, 5) is 4.86. The van der Waals surface area contributed by atoms with Gasteiger partial charge in [0.25, 0.3) is 0 Å². The quantitative estimate of drug-likeness (QED) is 0.0451. The lowest BCUT2D eigenvalue weighted by atomic mass is 9.83. The summed E-state index contributed by atoms with van der Waals surface area (Å²) >= 11 is 7.29. The molecule has 106 heavy (non-hydrogen) atoms. The summed E-state index contributed by atoms with van der Waals surface area (Å²) in [5.41, 5.74) is 32.0. The summed E-state index contributed by atoms with van der Waals surface area (Å²) in [6.45, 7) is 16.2. The lowest BCUT2D eigenvalue weighted by molar-refractivity contribution is 0.580. The van der Waals surface area contributed by atoms with Gasteiger partial charge in [0.2, 0.25) is 0 Å². The van der Waals surface area contributed by atoms with Crippen molar-refractivity contribution in [1.82, 2.24) is 0 Å². The van der Waals surface area contributed by atoms with E-state index in [2.05, 4.69) is 381 Å². The molecule has 0 aliphatic carbocycles. The van der Waals surface area contributed by atoms with Gasteiger partial charge < -0.3 is 9.80 Å². The van der Waals surface area contributed by atoms with Crippen LogP contribution < -0.4 is 9.80 Å². The highest BCUT2D eigenvalue weighted by Gasteiger charge is 2.23. The minimum atomic E-state index is 0.557. The summed E-state index contributed by atoms with van der Waals surface area (Å²) < 4.78 is 2.15. The molecule has 0 saturated carbocycles. The van der Waals surface area contributed by atoms with Crippen LogP contribution in [0.25, 0.3) is 99.4 Å². The number of anilines is 6. The van der Waals surface area contributed by atoms with Gasteiger partial charge >= 0.3 is 0 Å². The Morgan fingerprint density at radius 3 is 1.01 bits per heavy atom. The van der Waals surface area contributed by atoms with Crippen molar-refractivity contribution in [2.75, 3.05) is 9.80 Å². The first-order valence-electron chi connectivity index (χ1n) is 39.0. The van der Waals surface area contributed by atoms with Crippen LogP contribution in [0.1, 0.15) is 145 Å². The highest BCUT2D eigenvalue weighted by Crippen LogP contribution is 2.48. The number of fused-ring (bicyclic) bond motifs is 2. The fourth-order valence-corrected chi connectivity index (χ4v) is 16.6. The van der Waals surface area contributed by atoms with Crippen molar-refractivity contribution < 1.29 is 0 Å². The molecule has 0 saturated heterocycles. The first-order chi connectivity index (χ1) is 51.9. The minimum Gasteiger partial charge on any atom is -0.310 e. The molecule has 0 aliphatic rings. The Morgan fingerprint density at radius 2 is 0.613 bits per heavy atom. The number of hydrogen-bond donors (Lipinski definition) is 0. The largest absolute Gasteiger partial charge is 0.310 e. The second-order valence-corrected chi connectivity index (χ2v) is 31.0. The van der Waals surface area contributed by atoms with E-state index < -0.39 is 0 Å². The van der Waals surface area contributed by atoms with Crippen LogP contribution >= 0.6 is 31.9 Å². The molecule has 4 heteroatoms. The summed E-state index contributed by atoms with van der Waals surface area (Å²) in [6.07, 6.45) is 17.3. The summed E-state index contributed by atoms with van der Waals surface area (Å²) in [7, 11) is 0. The molecule has 0 aliphatic heterocycles. The highest BCUT2D eigenvalue weighted by atomic mass is 79.9. The Balaban J connectivity index is 0.777. The molecule has 0 radical (unpaired) electrons. The zero-order valence-electron chi connectivity index (χ0n) is 62.8. The third kappa shape index (κ3) is 16.3. The Hall–Kier alpha value is -9.84. The highest BCUT2D eigenvalue weighted by molar-refractivity contribution is 9.10. The molecule has 0 amide bonds.